The number of carbonyl (C=O) groups excluding carboxylic acids is 1. The second-order valence-electron chi connectivity index (χ2n) is 5.83. The number of hydrogen-bond donors (Lipinski definition) is 1. The number of esters is 1. The Bertz CT molecular complexity index is 1170. The summed E-state index contributed by atoms with van der Waals surface area (Å²) in [5.41, 5.74) is -0.126. The molecular formula is C19H17NO8S. The van der Waals surface area contributed by atoms with Crippen molar-refractivity contribution in [3.8, 4) is 11.5 Å². The number of primary sulfonamides is 1. The molecule has 29 heavy (non-hydrogen) atoms. The van der Waals surface area contributed by atoms with Crippen LogP contribution in [0.15, 0.2) is 68.7 Å². The Balaban J connectivity index is 1.41. The Kier molecular flexibility index (Phi) is 6.15. The van der Waals surface area contributed by atoms with Gasteiger partial charge in [0.15, 0.2) is 6.61 Å². The van der Waals surface area contributed by atoms with Crippen LogP contribution in [0.3, 0.4) is 0 Å². The Morgan fingerprint density at radius 2 is 1.62 bits per heavy atom. The van der Waals surface area contributed by atoms with Crippen molar-refractivity contribution in [3.05, 3.63) is 65.0 Å². The van der Waals surface area contributed by atoms with Crippen LogP contribution in [-0.2, 0) is 19.6 Å². The molecule has 10 heteroatoms. The number of ether oxygens (including phenoxy) is 3. The first-order valence-electron chi connectivity index (χ1n) is 8.39. The Morgan fingerprint density at radius 3 is 2.34 bits per heavy atom. The minimum absolute atomic E-state index is 0.0221. The SMILES string of the molecule is NS(=O)(=O)c1ccc(OCCOC(=O)COc2ccc3ccc(=O)oc3c2)cc1. The molecule has 0 saturated heterocycles. The molecule has 1 heterocycles. The van der Waals surface area contributed by atoms with Gasteiger partial charge in [0.25, 0.3) is 0 Å². The van der Waals surface area contributed by atoms with Gasteiger partial charge in [-0.2, -0.15) is 0 Å². The Labute approximate surface area is 165 Å². The summed E-state index contributed by atoms with van der Waals surface area (Å²) in [5, 5.41) is 5.74. The van der Waals surface area contributed by atoms with Crippen LogP contribution in [0.2, 0.25) is 0 Å². The van der Waals surface area contributed by atoms with E-state index in [2.05, 4.69) is 0 Å². The van der Waals surface area contributed by atoms with Gasteiger partial charge in [0, 0.05) is 17.5 Å². The van der Waals surface area contributed by atoms with Crippen molar-refractivity contribution in [2.75, 3.05) is 19.8 Å². The van der Waals surface area contributed by atoms with E-state index in [1.807, 2.05) is 0 Å². The van der Waals surface area contributed by atoms with Crippen LogP contribution >= 0.6 is 0 Å². The number of benzene rings is 2. The summed E-state index contributed by atoms with van der Waals surface area (Å²) in [7, 11) is -3.76. The lowest BCUT2D eigenvalue weighted by Gasteiger charge is -2.09. The van der Waals surface area contributed by atoms with Gasteiger partial charge in [-0.05, 0) is 42.5 Å². The lowest BCUT2D eigenvalue weighted by molar-refractivity contribution is -0.146. The Morgan fingerprint density at radius 1 is 0.931 bits per heavy atom. The lowest BCUT2D eigenvalue weighted by atomic mass is 10.2. The minimum Gasteiger partial charge on any atom is -0.490 e. The molecule has 9 nitrogen and oxygen atoms in total. The van der Waals surface area contributed by atoms with Gasteiger partial charge in [-0.3, -0.25) is 0 Å². The van der Waals surface area contributed by atoms with Crippen molar-refractivity contribution in [1.82, 2.24) is 0 Å². The highest BCUT2D eigenvalue weighted by Crippen LogP contribution is 2.19. The summed E-state index contributed by atoms with van der Waals surface area (Å²) in [6, 6.07) is 13.3. The van der Waals surface area contributed by atoms with E-state index in [-0.39, 0.29) is 24.7 Å². The van der Waals surface area contributed by atoms with Crippen molar-refractivity contribution in [3.63, 3.8) is 0 Å². The van der Waals surface area contributed by atoms with Crippen molar-refractivity contribution in [1.29, 1.82) is 0 Å². The summed E-state index contributed by atoms with van der Waals surface area (Å²) >= 11 is 0. The topological polar surface area (TPSA) is 135 Å². The molecule has 0 unspecified atom stereocenters. The van der Waals surface area contributed by atoms with Crippen LogP contribution in [0, 0.1) is 0 Å². The minimum atomic E-state index is -3.76. The average Bonchev–Trinajstić information content (AvgIpc) is 2.69. The quantitative estimate of drug-likeness (QED) is 0.329. The van der Waals surface area contributed by atoms with E-state index < -0.39 is 21.6 Å². The third-order valence-corrected chi connectivity index (χ3v) is 4.65. The maximum absolute atomic E-state index is 11.7. The van der Waals surface area contributed by atoms with Gasteiger partial charge < -0.3 is 18.6 Å². The smallest absolute Gasteiger partial charge is 0.344 e. The number of hydrogen-bond acceptors (Lipinski definition) is 8. The maximum Gasteiger partial charge on any atom is 0.344 e. The van der Waals surface area contributed by atoms with Crippen LogP contribution in [0.1, 0.15) is 0 Å². The molecule has 2 aromatic carbocycles. The predicted octanol–water partition coefficient (Wildman–Crippen LogP) is 1.44. The molecule has 3 aromatic rings. The zero-order chi connectivity index (χ0) is 20.9. The fourth-order valence-electron chi connectivity index (χ4n) is 2.36. The van der Waals surface area contributed by atoms with Crippen molar-refractivity contribution in [2.45, 2.75) is 4.90 Å². The van der Waals surface area contributed by atoms with Gasteiger partial charge in [0.1, 0.15) is 30.3 Å². The van der Waals surface area contributed by atoms with Crippen LogP contribution < -0.4 is 20.2 Å². The van der Waals surface area contributed by atoms with E-state index in [1.54, 1.807) is 18.2 Å². The molecule has 0 radical (unpaired) electrons. The predicted molar refractivity (Wildman–Crippen MR) is 102 cm³/mol. The molecule has 0 aliphatic carbocycles. The van der Waals surface area contributed by atoms with Crippen molar-refractivity contribution >= 4 is 27.0 Å². The van der Waals surface area contributed by atoms with E-state index in [0.717, 1.165) is 5.39 Å². The molecule has 0 saturated carbocycles. The molecule has 1 aromatic heterocycles. The fourth-order valence-corrected chi connectivity index (χ4v) is 2.87. The number of rotatable bonds is 8. The molecule has 3 rings (SSSR count). The third-order valence-electron chi connectivity index (χ3n) is 3.72. The molecule has 0 fully saturated rings. The third kappa shape index (κ3) is 5.80. The second-order valence-corrected chi connectivity index (χ2v) is 7.39. The molecule has 152 valence electrons. The van der Waals surface area contributed by atoms with E-state index in [0.29, 0.717) is 17.1 Å². The molecular weight excluding hydrogens is 402 g/mol. The van der Waals surface area contributed by atoms with Gasteiger partial charge in [0.05, 0.1) is 4.90 Å². The molecule has 0 spiro atoms. The van der Waals surface area contributed by atoms with Crippen LogP contribution in [0.25, 0.3) is 11.0 Å². The highest BCUT2D eigenvalue weighted by molar-refractivity contribution is 7.89. The summed E-state index contributed by atoms with van der Waals surface area (Å²) in [4.78, 5) is 23.0. The normalized spacial score (nSPS) is 11.2. The van der Waals surface area contributed by atoms with E-state index >= 15 is 0 Å². The first kappa shape index (κ1) is 20.4. The zero-order valence-corrected chi connectivity index (χ0v) is 15.9. The van der Waals surface area contributed by atoms with Gasteiger partial charge in [-0.25, -0.2) is 23.1 Å². The highest BCUT2D eigenvalue weighted by atomic mass is 32.2. The van der Waals surface area contributed by atoms with E-state index in [1.165, 1.54) is 36.4 Å². The van der Waals surface area contributed by atoms with Gasteiger partial charge in [0.2, 0.25) is 10.0 Å². The van der Waals surface area contributed by atoms with Crippen molar-refractivity contribution in [2.24, 2.45) is 5.14 Å². The first-order valence-corrected chi connectivity index (χ1v) is 9.94. The highest BCUT2D eigenvalue weighted by Gasteiger charge is 2.08. The van der Waals surface area contributed by atoms with Crippen LogP contribution in [0.4, 0.5) is 0 Å². The molecule has 0 atom stereocenters. The monoisotopic (exact) mass is 419 g/mol. The summed E-state index contributed by atoms with van der Waals surface area (Å²) in [6.45, 7) is -0.279. The van der Waals surface area contributed by atoms with Gasteiger partial charge >= 0.3 is 11.6 Å². The molecule has 0 aliphatic heterocycles. The lowest BCUT2D eigenvalue weighted by Crippen LogP contribution is -2.18. The molecule has 0 amide bonds. The van der Waals surface area contributed by atoms with Crippen LogP contribution in [0.5, 0.6) is 11.5 Å². The standard InChI is InChI=1S/C19H17NO8S/c20-29(23,24)16-6-4-14(5-7-16)25-9-10-26-19(22)12-27-15-3-1-13-2-8-18(21)28-17(13)11-15/h1-8,11H,9-10,12H2,(H2,20,23,24). The summed E-state index contributed by atoms with van der Waals surface area (Å²) < 4.78 is 43.1. The van der Waals surface area contributed by atoms with Gasteiger partial charge in [-0.1, -0.05) is 0 Å². The first-order chi connectivity index (χ1) is 13.8. The maximum atomic E-state index is 11.7. The fraction of sp³-hybridized carbons (Fsp3) is 0.158. The average molecular weight is 419 g/mol. The number of sulfonamides is 1. The number of carbonyl (C=O) groups is 1. The van der Waals surface area contributed by atoms with E-state index in [9.17, 15) is 18.0 Å². The zero-order valence-electron chi connectivity index (χ0n) is 15.1. The largest absolute Gasteiger partial charge is 0.490 e. The summed E-state index contributed by atoms with van der Waals surface area (Å²) in [5.74, 6) is 0.158. The van der Waals surface area contributed by atoms with Crippen molar-refractivity contribution < 1.29 is 31.8 Å². The molecule has 0 aliphatic rings. The second kappa shape index (κ2) is 8.76. The Hall–Kier alpha value is -3.37. The van der Waals surface area contributed by atoms with Gasteiger partial charge in [-0.15, -0.1) is 0 Å². The molecule has 0 bridgehead atoms. The molecule has 2 N–H and O–H groups in total. The number of nitrogens with two attached hydrogens (primary N) is 1. The number of fused-ring (bicyclic) bond motifs is 1. The van der Waals surface area contributed by atoms with E-state index in [4.69, 9.17) is 23.8 Å². The van der Waals surface area contributed by atoms with Crippen LogP contribution in [-0.4, -0.2) is 34.2 Å². The summed E-state index contributed by atoms with van der Waals surface area (Å²) in [6.07, 6.45) is 0.